The zero-order valence-electron chi connectivity index (χ0n) is 17.7. The lowest BCUT2D eigenvalue weighted by Gasteiger charge is -2.51. The van der Waals surface area contributed by atoms with Crippen molar-refractivity contribution in [3.63, 3.8) is 0 Å². The van der Waals surface area contributed by atoms with Gasteiger partial charge in [-0.25, -0.2) is 0 Å². The number of nitro benzene ring substituents is 1. The molecule has 4 saturated carbocycles. The third kappa shape index (κ3) is 4.24. The smallest absolute Gasteiger partial charge is 0.283 e. The molecule has 0 atom stereocenters. The lowest BCUT2D eigenvalue weighted by atomic mass is 9.54. The minimum atomic E-state index is -0.316. The van der Waals surface area contributed by atoms with Crippen molar-refractivity contribution in [3.05, 3.63) is 69.8 Å². The van der Waals surface area contributed by atoms with Crippen LogP contribution in [0.4, 0.5) is 5.69 Å². The predicted molar refractivity (Wildman–Crippen MR) is 127 cm³/mol. The van der Waals surface area contributed by atoms with Crippen molar-refractivity contribution in [2.24, 2.45) is 23.7 Å². The summed E-state index contributed by atoms with van der Waals surface area (Å²) in [4.78, 5) is 12.7. The average molecular weight is 454 g/mol. The van der Waals surface area contributed by atoms with Gasteiger partial charge < -0.3 is 4.74 Å². The van der Waals surface area contributed by atoms with Crippen LogP contribution in [0.25, 0.3) is 5.76 Å². The number of benzene rings is 2. The SMILES string of the molecule is CCOC(=C1C2CC3CC(C2)CC1C3)c1cccc(SSc2ccccc2[N+](=O)[O-])c1. The minimum Gasteiger partial charge on any atom is -0.493 e. The van der Waals surface area contributed by atoms with Crippen LogP contribution >= 0.6 is 21.6 Å². The van der Waals surface area contributed by atoms with Gasteiger partial charge in [0.25, 0.3) is 5.69 Å². The fourth-order valence-corrected chi connectivity index (χ4v) is 8.15. The standard InChI is InChI=1S/C25H27NO3S2/c1-2-29-25(24-19-11-16-10-17(13-19)14-20(24)12-16)18-6-5-7-21(15-18)30-31-23-9-4-3-8-22(23)26(27)28/h3-9,15-17,19-20H,2,10-14H2,1H3. The summed E-state index contributed by atoms with van der Waals surface area (Å²) in [5.41, 5.74) is 2.88. The predicted octanol–water partition coefficient (Wildman–Crippen LogP) is 7.60. The van der Waals surface area contributed by atoms with Gasteiger partial charge in [-0.1, -0.05) is 35.1 Å². The third-order valence-electron chi connectivity index (χ3n) is 6.95. The van der Waals surface area contributed by atoms with Crippen molar-refractivity contribution in [1.29, 1.82) is 0 Å². The molecule has 6 heteroatoms. The van der Waals surface area contributed by atoms with Crippen molar-refractivity contribution in [1.82, 2.24) is 0 Å². The summed E-state index contributed by atoms with van der Waals surface area (Å²) in [5, 5.41) is 11.3. The van der Waals surface area contributed by atoms with Crippen LogP contribution < -0.4 is 0 Å². The van der Waals surface area contributed by atoms with Gasteiger partial charge in [0.05, 0.1) is 16.4 Å². The molecule has 162 valence electrons. The first-order valence-electron chi connectivity index (χ1n) is 11.2. The molecule has 4 fully saturated rings. The van der Waals surface area contributed by atoms with E-state index in [-0.39, 0.29) is 10.6 Å². The molecule has 0 saturated heterocycles. The molecule has 0 N–H and O–H groups in total. The van der Waals surface area contributed by atoms with Crippen LogP contribution in [0.5, 0.6) is 0 Å². The summed E-state index contributed by atoms with van der Waals surface area (Å²) in [6.45, 7) is 2.74. The zero-order chi connectivity index (χ0) is 21.4. The van der Waals surface area contributed by atoms with Crippen molar-refractivity contribution < 1.29 is 9.66 Å². The number of ether oxygens (including phenoxy) is 1. The highest BCUT2D eigenvalue weighted by molar-refractivity contribution is 8.76. The van der Waals surface area contributed by atoms with Crippen molar-refractivity contribution in [3.8, 4) is 0 Å². The van der Waals surface area contributed by atoms with Crippen LogP contribution in [0, 0.1) is 33.8 Å². The number of hydrogen-bond acceptors (Lipinski definition) is 5. The van der Waals surface area contributed by atoms with Gasteiger partial charge >= 0.3 is 0 Å². The van der Waals surface area contributed by atoms with Crippen LogP contribution in [-0.2, 0) is 4.74 Å². The van der Waals surface area contributed by atoms with Crippen LogP contribution in [0.2, 0.25) is 0 Å². The number of rotatable bonds is 7. The third-order valence-corrected chi connectivity index (χ3v) is 9.37. The second-order valence-corrected chi connectivity index (χ2v) is 11.2. The molecular formula is C25H27NO3S2. The summed E-state index contributed by atoms with van der Waals surface area (Å²) in [6.07, 6.45) is 6.78. The van der Waals surface area contributed by atoms with Crippen LogP contribution in [0.15, 0.2) is 63.9 Å². The maximum Gasteiger partial charge on any atom is 0.283 e. The molecule has 0 spiro atoms. The van der Waals surface area contributed by atoms with Crippen LogP contribution in [0.1, 0.15) is 44.6 Å². The first-order chi connectivity index (χ1) is 15.1. The molecule has 0 heterocycles. The molecule has 0 aliphatic heterocycles. The van der Waals surface area contributed by atoms with E-state index in [4.69, 9.17) is 4.74 Å². The fourth-order valence-electron chi connectivity index (χ4n) is 6.00. The Morgan fingerprint density at radius 2 is 1.71 bits per heavy atom. The lowest BCUT2D eigenvalue weighted by Crippen LogP contribution is -2.41. The van der Waals surface area contributed by atoms with Crippen molar-refractivity contribution in [2.75, 3.05) is 6.61 Å². The van der Waals surface area contributed by atoms with E-state index in [2.05, 4.69) is 31.2 Å². The van der Waals surface area contributed by atoms with Gasteiger partial charge in [-0.3, -0.25) is 10.1 Å². The summed E-state index contributed by atoms with van der Waals surface area (Å²) >= 11 is 0. The molecule has 0 aromatic heterocycles. The molecule has 4 aliphatic rings. The van der Waals surface area contributed by atoms with Gasteiger partial charge in [-0.2, -0.15) is 0 Å². The van der Waals surface area contributed by atoms with E-state index >= 15 is 0 Å². The van der Waals surface area contributed by atoms with E-state index in [1.807, 2.05) is 12.1 Å². The van der Waals surface area contributed by atoms with E-state index in [0.717, 1.165) is 28.1 Å². The van der Waals surface area contributed by atoms with Crippen LogP contribution in [0.3, 0.4) is 0 Å². The van der Waals surface area contributed by atoms with E-state index in [0.29, 0.717) is 23.3 Å². The summed E-state index contributed by atoms with van der Waals surface area (Å²) in [5.74, 6) is 4.34. The molecular weight excluding hydrogens is 426 g/mol. The Hall–Kier alpha value is -1.92. The minimum absolute atomic E-state index is 0.155. The Balaban J connectivity index is 1.42. The summed E-state index contributed by atoms with van der Waals surface area (Å²) in [6, 6.07) is 15.4. The topological polar surface area (TPSA) is 52.4 Å². The maximum atomic E-state index is 11.3. The summed E-state index contributed by atoms with van der Waals surface area (Å²) in [7, 11) is 3.00. The Labute approximate surface area is 191 Å². The largest absolute Gasteiger partial charge is 0.493 e. The summed E-state index contributed by atoms with van der Waals surface area (Å²) < 4.78 is 6.30. The maximum absolute atomic E-state index is 11.3. The van der Waals surface area contributed by atoms with Crippen molar-refractivity contribution in [2.45, 2.75) is 48.8 Å². The quantitative estimate of drug-likeness (QED) is 0.187. The molecule has 2 aromatic carbocycles. The van der Waals surface area contributed by atoms with E-state index in [1.54, 1.807) is 28.5 Å². The van der Waals surface area contributed by atoms with Crippen LogP contribution in [-0.4, -0.2) is 11.5 Å². The second kappa shape index (κ2) is 8.91. The van der Waals surface area contributed by atoms with Gasteiger partial charge in [0.2, 0.25) is 0 Å². The number of para-hydroxylation sites is 1. The molecule has 4 bridgehead atoms. The van der Waals surface area contributed by atoms with Gasteiger partial charge in [0.15, 0.2) is 0 Å². The average Bonchev–Trinajstić information content (AvgIpc) is 2.76. The second-order valence-electron chi connectivity index (χ2n) is 8.94. The van der Waals surface area contributed by atoms with Gasteiger partial charge in [-0.15, -0.1) is 0 Å². The normalized spacial score (nSPS) is 26.2. The Morgan fingerprint density at radius 1 is 1.00 bits per heavy atom. The van der Waals surface area contributed by atoms with Gasteiger partial charge in [0.1, 0.15) is 5.76 Å². The molecule has 0 unspecified atom stereocenters. The molecule has 0 amide bonds. The molecule has 31 heavy (non-hydrogen) atoms. The zero-order valence-corrected chi connectivity index (χ0v) is 19.3. The number of hydrogen-bond donors (Lipinski definition) is 0. The van der Waals surface area contributed by atoms with E-state index in [9.17, 15) is 10.1 Å². The molecule has 4 nitrogen and oxygen atoms in total. The fraction of sp³-hybridized carbons (Fsp3) is 0.440. The number of allylic oxidation sites excluding steroid dienone is 1. The first kappa shape index (κ1) is 21.0. The molecule has 6 rings (SSSR count). The van der Waals surface area contributed by atoms with Gasteiger partial charge in [0, 0.05) is 16.5 Å². The highest BCUT2D eigenvalue weighted by Gasteiger charge is 2.46. The number of nitrogens with zero attached hydrogens (tertiary/aromatic N) is 1. The van der Waals surface area contributed by atoms with Crippen molar-refractivity contribution >= 4 is 33.0 Å². The highest BCUT2D eigenvalue weighted by Crippen LogP contribution is 2.58. The Kier molecular flexibility index (Phi) is 6.02. The Bertz CT molecular complexity index is 989. The lowest BCUT2D eigenvalue weighted by molar-refractivity contribution is -0.387. The highest BCUT2D eigenvalue weighted by atomic mass is 33.1. The monoisotopic (exact) mass is 453 g/mol. The van der Waals surface area contributed by atoms with Gasteiger partial charge in [-0.05, 0) is 97.3 Å². The Morgan fingerprint density at radius 3 is 2.39 bits per heavy atom. The first-order valence-corrected chi connectivity index (χ1v) is 13.3. The molecule has 4 aliphatic carbocycles. The molecule has 0 radical (unpaired) electrons. The van der Waals surface area contributed by atoms with E-state index < -0.39 is 0 Å². The van der Waals surface area contributed by atoms with E-state index in [1.165, 1.54) is 42.9 Å². The number of nitro groups is 1. The molecule has 2 aromatic rings.